The lowest BCUT2D eigenvalue weighted by Crippen LogP contribution is -2.47. The number of methoxy groups -OCH3 is 1. The Morgan fingerprint density at radius 2 is 1.84 bits per heavy atom. The van der Waals surface area contributed by atoms with Crippen molar-refractivity contribution in [3.05, 3.63) is 29.8 Å². The maximum Gasteiger partial charge on any atom is 0.247 e. The highest BCUT2D eigenvalue weighted by Crippen LogP contribution is 2.36. The molecule has 6 heteroatoms. The minimum atomic E-state index is -0.634. The van der Waals surface area contributed by atoms with E-state index in [1.165, 1.54) is 0 Å². The van der Waals surface area contributed by atoms with Gasteiger partial charge < -0.3 is 15.0 Å². The molecular formula is C19H25ClN2O3. The third kappa shape index (κ3) is 4.27. The number of rotatable bonds is 7. The molecule has 0 aromatic heterocycles. The SMILES string of the molecule is COc1ccc(C(C(=O)NC2CCCC2)N(C(=O)CCl)C2CC2)cc1. The average molecular weight is 365 g/mol. The Balaban J connectivity index is 1.88. The Morgan fingerprint density at radius 3 is 2.36 bits per heavy atom. The maximum atomic E-state index is 13.1. The minimum Gasteiger partial charge on any atom is -0.497 e. The van der Waals surface area contributed by atoms with Crippen molar-refractivity contribution in [1.82, 2.24) is 10.2 Å². The number of nitrogens with zero attached hydrogens (tertiary/aromatic N) is 1. The molecule has 1 N–H and O–H groups in total. The fourth-order valence-electron chi connectivity index (χ4n) is 3.55. The van der Waals surface area contributed by atoms with Crippen molar-refractivity contribution in [3.63, 3.8) is 0 Å². The predicted molar refractivity (Wildman–Crippen MR) is 96.7 cm³/mol. The Labute approximate surface area is 153 Å². The zero-order valence-electron chi connectivity index (χ0n) is 14.5. The first-order valence-electron chi connectivity index (χ1n) is 8.95. The fraction of sp³-hybridized carbons (Fsp3) is 0.579. The number of carbonyl (C=O) groups excluding carboxylic acids is 2. The Bertz CT molecular complexity index is 610. The molecule has 2 fully saturated rings. The normalized spacial score (nSPS) is 18.6. The lowest BCUT2D eigenvalue weighted by atomic mass is 10.0. The van der Waals surface area contributed by atoms with Crippen LogP contribution in [0.3, 0.4) is 0 Å². The number of ether oxygens (including phenoxy) is 1. The molecule has 1 unspecified atom stereocenters. The quantitative estimate of drug-likeness (QED) is 0.756. The summed E-state index contributed by atoms with van der Waals surface area (Å²) in [6.45, 7) is 0. The van der Waals surface area contributed by atoms with Gasteiger partial charge in [0.25, 0.3) is 0 Å². The number of amides is 2. The van der Waals surface area contributed by atoms with Gasteiger partial charge in [-0.15, -0.1) is 11.6 Å². The molecule has 2 saturated carbocycles. The number of nitrogens with one attached hydrogen (secondary N) is 1. The van der Waals surface area contributed by atoms with Crippen LogP contribution in [0.15, 0.2) is 24.3 Å². The van der Waals surface area contributed by atoms with Crippen LogP contribution in [0, 0.1) is 0 Å². The van der Waals surface area contributed by atoms with E-state index in [1.807, 2.05) is 24.3 Å². The molecule has 0 heterocycles. The first-order valence-corrected chi connectivity index (χ1v) is 9.49. The van der Waals surface area contributed by atoms with Gasteiger partial charge in [-0.05, 0) is 43.4 Å². The van der Waals surface area contributed by atoms with Crippen LogP contribution in [-0.4, -0.2) is 41.8 Å². The van der Waals surface area contributed by atoms with Crippen molar-refractivity contribution in [1.29, 1.82) is 0 Å². The Hall–Kier alpha value is -1.75. The smallest absolute Gasteiger partial charge is 0.247 e. The summed E-state index contributed by atoms with van der Waals surface area (Å²) in [6.07, 6.45) is 6.15. The van der Waals surface area contributed by atoms with E-state index >= 15 is 0 Å². The third-order valence-electron chi connectivity index (χ3n) is 5.00. The van der Waals surface area contributed by atoms with Crippen LogP contribution in [0.2, 0.25) is 0 Å². The predicted octanol–water partition coefficient (Wildman–Crippen LogP) is 3.02. The van der Waals surface area contributed by atoms with Gasteiger partial charge in [0, 0.05) is 12.1 Å². The average Bonchev–Trinajstić information content (AvgIpc) is 3.35. The molecule has 5 nitrogen and oxygen atoms in total. The molecule has 0 radical (unpaired) electrons. The highest BCUT2D eigenvalue weighted by Gasteiger charge is 2.41. The van der Waals surface area contributed by atoms with E-state index < -0.39 is 6.04 Å². The number of carbonyl (C=O) groups is 2. The summed E-state index contributed by atoms with van der Waals surface area (Å²) in [6, 6.07) is 7.03. The van der Waals surface area contributed by atoms with Gasteiger partial charge in [0.05, 0.1) is 7.11 Å². The van der Waals surface area contributed by atoms with Gasteiger partial charge in [0.2, 0.25) is 11.8 Å². The van der Waals surface area contributed by atoms with Crippen molar-refractivity contribution >= 4 is 23.4 Å². The van der Waals surface area contributed by atoms with E-state index in [-0.39, 0.29) is 29.8 Å². The van der Waals surface area contributed by atoms with E-state index in [0.717, 1.165) is 49.8 Å². The molecule has 0 aliphatic heterocycles. The minimum absolute atomic E-state index is 0.104. The molecular weight excluding hydrogens is 340 g/mol. The van der Waals surface area contributed by atoms with Crippen LogP contribution >= 0.6 is 11.6 Å². The van der Waals surface area contributed by atoms with Crippen LogP contribution in [0.5, 0.6) is 5.75 Å². The van der Waals surface area contributed by atoms with Gasteiger partial charge in [-0.2, -0.15) is 0 Å². The molecule has 1 aromatic carbocycles. The van der Waals surface area contributed by atoms with E-state index in [0.29, 0.717) is 0 Å². The lowest BCUT2D eigenvalue weighted by molar-refractivity contribution is -0.140. The number of halogens is 1. The molecule has 2 aliphatic carbocycles. The highest BCUT2D eigenvalue weighted by atomic mass is 35.5. The Kier molecular flexibility index (Phi) is 5.84. The van der Waals surface area contributed by atoms with Crippen LogP contribution in [0.1, 0.15) is 50.1 Å². The van der Waals surface area contributed by atoms with Crippen LogP contribution in [0.4, 0.5) is 0 Å². The van der Waals surface area contributed by atoms with Gasteiger partial charge in [-0.3, -0.25) is 9.59 Å². The van der Waals surface area contributed by atoms with Gasteiger partial charge >= 0.3 is 0 Å². The van der Waals surface area contributed by atoms with Crippen molar-refractivity contribution in [2.75, 3.05) is 13.0 Å². The number of alkyl halides is 1. The first-order chi connectivity index (χ1) is 12.1. The standard InChI is InChI=1S/C19H25ClN2O3/c1-25-16-10-6-13(7-11-16)18(19(24)21-14-4-2-3-5-14)22(15-8-9-15)17(23)12-20/h6-7,10-11,14-15,18H,2-5,8-9,12H2,1H3,(H,21,24). The lowest BCUT2D eigenvalue weighted by Gasteiger charge is -2.32. The summed E-state index contributed by atoms with van der Waals surface area (Å²) in [5.74, 6) is 0.314. The zero-order valence-corrected chi connectivity index (χ0v) is 15.3. The van der Waals surface area contributed by atoms with E-state index in [2.05, 4.69) is 5.32 Å². The molecule has 2 aliphatic rings. The summed E-state index contributed by atoms with van der Waals surface area (Å²) in [7, 11) is 1.60. The molecule has 25 heavy (non-hydrogen) atoms. The van der Waals surface area contributed by atoms with E-state index in [1.54, 1.807) is 12.0 Å². The second kappa shape index (κ2) is 8.09. The molecule has 3 rings (SSSR count). The summed E-state index contributed by atoms with van der Waals surface area (Å²) >= 11 is 5.83. The third-order valence-corrected chi connectivity index (χ3v) is 5.23. The van der Waals surface area contributed by atoms with Gasteiger partial charge in [0.1, 0.15) is 17.7 Å². The van der Waals surface area contributed by atoms with Crippen molar-refractivity contribution in [2.45, 2.75) is 56.7 Å². The van der Waals surface area contributed by atoms with E-state index in [4.69, 9.17) is 16.3 Å². The molecule has 0 bridgehead atoms. The number of hydrogen-bond acceptors (Lipinski definition) is 3. The number of benzene rings is 1. The molecule has 2 amide bonds. The molecule has 136 valence electrons. The largest absolute Gasteiger partial charge is 0.497 e. The van der Waals surface area contributed by atoms with Crippen LogP contribution in [-0.2, 0) is 9.59 Å². The van der Waals surface area contributed by atoms with Crippen molar-refractivity contribution in [2.24, 2.45) is 0 Å². The summed E-state index contributed by atoms with van der Waals surface area (Å²) in [5, 5.41) is 3.14. The summed E-state index contributed by atoms with van der Waals surface area (Å²) in [5.41, 5.74) is 0.793. The van der Waals surface area contributed by atoms with Crippen molar-refractivity contribution in [3.8, 4) is 5.75 Å². The zero-order chi connectivity index (χ0) is 17.8. The molecule has 1 aromatic rings. The first kappa shape index (κ1) is 18.1. The topological polar surface area (TPSA) is 58.6 Å². The Morgan fingerprint density at radius 1 is 1.20 bits per heavy atom. The maximum absolute atomic E-state index is 13.1. The highest BCUT2D eigenvalue weighted by molar-refractivity contribution is 6.27. The fourth-order valence-corrected chi connectivity index (χ4v) is 3.69. The second-order valence-corrected chi connectivity index (χ2v) is 7.10. The van der Waals surface area contributed by atoms with Crippen molar-refractivity contribution < 1.29 is 14.3 Å². The van der Waals surface area contributed by atoms with E-state index in [9.17, 15) is 9.59 Å². The van der Waals surface area contributed by atoms with Crippen LogP contribution < -0.4 is 10.1 Å². The van der Waals surface area contributed by atoms with Gasteiger partial charge in [-0.1, -0.05) is 25.0 Å². The van der Waals surface area contributed by atoms with Crippen LogP contribution in [0.25, 0.3) is 0 Å². The van der Waals surface area contributed by atoms with Gasteiger partial charge in [-0.25, -0.2) is 0 Å². The monoisotopic (exact) mass is 364 g/mol. The second-order valence-electron chi connectivity index (χ2n) is 6.83. The molecule has 0 saturated heterocycles. The summed E-state index contributed by atoms with van der Waals surface area (Å²) < 4.78 is 5.20. The molecule has 0 spiro atoms. The number of hydrogen-bond donors (Lipinski definition) is 1. The molecule has 1 atom stereocenters. The summed E-state index contributed by atoms with van der Waals surface area (Å²) in [4.78, 5) is 27.2. The van der Waals surface area contributed by atoms with Gasteiger partial charge in [0.15, 0.2) is 0 Å².